The summed E-state index contributed by atoms with van der Waals surface area (Å²) in [6, 6.07) is 19.1. The zero-order chi connectivity index (χ0) is 22.8. The number of nitrogens with one attached hydrogen (secondary N) is 1. The summed E-state index contributed by atoms with van der Waals surface area (Å²) in [5.41, 5.74) is 3.33. The summed E-state index contributed by atoms with van der Waals surface area (Å²) in [6.07, 6.45) is 0.897. The Bertz CT molecular complexity index is 1220. The fraction of sp³-hybridized carbons (Fsp3) is 0.120. The van der Waals surface area contributed by atoms with Gasteiger partial charge in [0.05, 0.1) is 10.7 Å². The maximum atomic E-state index is 13.7. The summed E-state index contributed by atoms with van der Waals surface area (Å²) in [4.78, 5) is 28.8. The highest BCUT2D eigenvalue weighted by Crippen LogP contribution is 2.38. The van der Waals surface area contributed by atoms with Crippen LogP contribution in [0.4, 0.5) is 15.8 Å². The Kier molecular flexibility index (Phi) is 6.35. The Labute approximate surface area is 195 Å². The van der Waals surface area contributed by atoms with Gasteiger partial charge in [0.1, 0.15) is 16.4 Å². The van der Waals surface area contributed by atoms with E-state index in [1.807, 2.05) is 55.5 Å². The van der Waals surface area contributed by atoms with Gasteiger partial charge in [0.2, 0.25) is 0 Å². The lowest BCUT2D eigenvalue weighted by atomic mass is 10.1. The molecule has 0 bridgehead atoms. The maximum Gasteiger partial charge on any atom is 0.283 e. The van der Waals surface area contributed by atoms with E-state index in [0.29, 0.717) is 5.69 Å². The van der Waals surface area contributed by atoms with Crippen LogP contribution in [-0.4, -0.2) is 11.8 Å². The molecule has 0 radical (unpaired) electrons. The number of hydrogen-bond donors (Lipinski definition) is 1. The van der Waals surface area contributed by atoms with Crippen molar-refractivity contribution in [1.82, 2.24) is 0 Å². The highest BCUT2D eigenvalue weighted by atomic mass is 35.5. The minimum Gasteiger partial charge on any atom is -0.350 e. The number of carbonyl (C=O) groups is 2. The van der Waals surface area contributed by atoms with Gasteiger partial charge >= 0.3 is 0 Å². The molecule has 4 nitrogen and oxygen atoms in total. The van der Waals surface area contributed by atoms with Crippen molar-refractivity contribution in [3.05, 3.63) is 99.3 Å². The van der Waals surface area contributed by atoms with Crippen molar-refractivity contribution >= 4 is 46.6 Å². The van der Waals surface area contributed by atoms with Crippen LogP contribution >= 0.6 is 23.4 Å². The van der Waals surface area contributed by atoms with Gasteiger partial charge in [-0.25, -0.2) is 9.29 Å². The SMILES string of the molecule is CCc1ccc(NC2=C(Sc3ccc(C)cc3)C(=O)N(c3ccc(F)c(Cl)c3)C2=O)cc1. The maximum absolute atomic E-state index is 13.7. The van der Waals surface area contributed by atoms with Crippen LogP contribution in [0.5, 0.6) is 0 Å². The zero-order valence-corrected chi connectivity index (χ0v) is 19.1. The normalized spacial score (nSPS) is 13.8. The van der Waals surface area contributed by atoms with Gasteiger partial charge in [0, 0.05) is 10.6 Å². The average molecular weight is 467 g/mol. The standard InChI is InChI=1S/C25H20ClFN2O2S/c1-3-16-6-8-17(9-7-16)28-22-23(32-19-11-4-15(2)5-12-19)25(31)29(24(22)30)18-10-13-21(27)20(26)14-18/h4-14,28H,3H2,1-2H3. The topological polar surface area (TPSA) is 49.4 Å². The molecule has 1 N–H and O–H groups in total. The summed E-state index contributed by atoms with van der Waals surface area (Å²) >= 11 is 7.12. The minimum absolute atomic E-state index is 0.160. The molecule has 3 aromatic rings. The molecule has 1 heterocycles. The summed E-state index contributed by atoms with van der Waals surface area (Å²) in [5.74, 6) is -1.63. The predicted octanol–water partition coefficient (Wildman–Crippen LogP) is 6.34. The molecule has 2 amide bonds. The van der Waals surface area contributed by atoms with Crippen LogP contribution in [0.1, 0.15) is 18.1 Å². The monoisotopic (exact) mass is 466 g/mol. The third kappa shape index (κ3) is 4.42. The molecule has 0 aliphatic carbocycles. The Morgan fingerprint density at radius 1 is 0.969 bits per heavy atom. The lowest BCUT2D eigenvalue weighted by molar-refractivity contribution is -0.120. The Hall–Kier alpha value is -3.09. The van der Waals surface area contributed by atoms with Crippen molar-refractivity contribution in [3.8, 4) is 0 Å². The van der Waals surface area contributed by atoms with E-state index in [0.717, 1.165) is 33.4 Å². The van der Waals surface area contributed by atoms with Crippen molar-refractivity contribution in [1.29, 1.82) is 0 Å². The van der Waals surface area contributed by atoms with E-state index in [4.69, 9.17) is 11.6 Å². The Morgan fingerprint density at radius 2 is 1.66 bits per heavy atom. The molecule has 0 aromatic heterocycles. The largest absolute Gasteiger partial charge is 0.350 e. The highest BCUT2D eigenvalue weighted by Gasteiger charge is 2.40. The summed E-state index contributed by atoms with van der Waals surface area (Å²) in [6.45, 7) is 4.04. The zero-order valence-electron chi connectivity index (χ0n) is 17.5. The van der Waals surface area contributed by atoms with Gasteiger partial charge in [-0.05, 0) is 61.4 Å². The Balaban J connectivity index is 1.73. The van der Waals surface area contributed by atoms with Crippen LogP contribution in [-0.2, 0) is 16.0 Å². The third-order valence-corrected chi connectivity index (χ3v) is 6.46. The molecule has 0 fully saturated rings. The number of rotatable bonds is 6. The molecular formula is C25H20ClFN2O2S. The first-order valence-electron chi connectivity index (χ1n) is 10.1. The van der Waals surface area contributed by atoms with Crippen molar-refractivity contribution in [2.45, 2.75) is 25.2 Å². The van der Waals surface area contributed by atoms with Gasteiger partial charge in [0.25, 0.3) is 11.8 Å². The van der Waals surface area contributed by atoms with Crippen LogP contribution in [0, 0.1) is 12.7 Å². The first-order chi connectivity index (χ1) is 15.4. The smallest absolute Gasteiger partial charge is 0.283 e. The molecule has 1 aliphatic rings. The number of carbonyl (C=O) groups excluding carboxylic acids is 2. The van der Waals surface area contributed by atoms with Gasteiger partial charge in [-0.3, -0.25) is 9.59 Å². The van der Waals surface area contributed by atoms with Crippen LogP contribution in [0.25, 0.3) is 0 Å². The molecule has 0 saturated carbocycles. The van der Waals surface area contributed by atoms with E-state index in [-0.39, 0.29) is 21.3 Å². The van der Waals surface area contributed by atoms with Gasteiger partial charge in [-0.15, -0.1) is 0 Å². The van der Waals surface area contributed by atoms with E-state index < -0.39 is 17.6 Å². The number of anilines is 2. The lowest BCUT2D eigenvalue weighted by Gasteiger charge is -2.16. The number of halogens is 2. The number of thioether (sulfide) groups is 1. The molecule has 7 heteroatoms. The lowest BCUT2D eigenvalue weighted by Crippen LogP contribution is -2.32. The molecular weight excluding hydrogens is 447 g/mol. The van der Waals surface area contributed by atoms with Crippen LogP contribution in [0.3, 0.4) is 0 Å². The summed E-state index contributed by atoms with van der Waals surface area (Å²) in [5, 5.41) is 2.96. The first kappa shape index (κ1) is 22.1. The molecule has 3 aromatic carbocycles. The molecule has 32 heavy (non-hydrogen) atoms. The van der Waals surface area contributed by atoms with Crippen LogP contribution in [0.15, 0.2) is 82.2 Å². The van der Waals surface area contributed by atoms with Crippen molar-refractivity contribution < 1.29 is 14.0 Å². The number of amides is 2. The second-order valence-corrected chi connectivity index (χ2v) is 8.83. The van der Waals surface area contributed by atoms with Crippen LogP contribution in [0.2, 0.25) is 5.02 Å². The van der Waals surface area contributed by atoms with Crippen molar-refractivity contribution in [2.24, 2.45) is 0 Å². The Morgan fingerprint density at radius 3 is 2.28 bits per heavy atom. The van der Waals surface area contributed by atoms with Crippen molar-refractivity contribution in [3.63, 3.8) is 0 Å². The number of imide groups is 1. The number of hydrogen-bond acceptors (Lipinski definition) is 4. The number of nitrogens with zero attached hydrogens (tertiary/aromatic N) is 1. The molecule has 0 saturated heterocycles. The quantitative estimate of drug-likeness (QED) is 0.431. The summed E-state index contributed by atoms with van der Waals surface area (Å²) in [7, 11) is 0. The van der Waals surface area contributed by atoms with E-state index >= 15 is 0 Å². The first-order valence-corrected chi connectivity index (χ1v) is 11.3. The molecule has 0 unspecified atom stereocenters. The molecule has 4 rings (SSSR count). The molecule has 1 aliphatic heterocycles. The fourth-order valence-electron chi connectivity index (χ4n) is 3.27. The third-order valence-electron chi connectivity index (χ3n) is 5.08. The minimum atomic E-state index is -0.619. The average Bonchev–Trinajstić information content (AvgIpc) is 3.01. The van der Waals surface area contributed by atoms with E-state index in [1.54, 1.807) is 0 Å². The number of aryl methyl sites for hydroxylation is 2. The highest BCUT2D eigenvalue weighted by molar-refractivity contribution is 8.04. The summed E-state index contributed by atoms with van der Waals surface area (Å²) < 4.78 is 13.7. The van der Waals surface area contributed by atoms with Gasteiger partial charge < -0.3 is 5.32 Å². The molecule has 162 valence electrons. The van der Waals surface area contributed by atoms with Crippen molar-refractivity contribution in [2.75, 3.05) is 10.2 Å². The molecule has 0 atom stereocenters. The number of benzene rings is 3. The second-order valence-electron chi connectivity index (χ2n) is 7.34. The van der Waals surface area contributed by atoms with Gasteiger partial charge in [-0.2, -0.15) is 0 Å². The second kappa shape index (κ2) is 9.18. The van der Waals surface area contributed by atoms with E-state index in [9.17, 15) is 14.0 Å². The van der Waals surface area contributed by atoms with E-state index in [2.05, 4.69) is 12.2 Å². The van der Waals surface area contributed by atoms with Gasteiger partial charge in [0.15, 0.2) is 0 Å². The predicted molar refractivity (Wildman–Crippen MR) is 127 cm³/mol. The molecule has 0 spiro atoms. The van der Waals surface area contributed by atoms with Gasteiger partial charge in [-0.1, -0.05) is 60.1 Å². The van der Waals surface area contributed by atoms with Crippen LogP contribution < -0.4 is 10.2 Å². The van der Waals surface area contributed by atoms with E-state index in [1.165, 1.54) is 23.9 Å². The fourth-order valence-corrected chi connectivity index (χ4v) is 4.37.